The van der Waals surface area contributed by atoms with Crippen molar-refractivity contribution in [2.24, 2.45) is 11.1 Å². The predicted molar refractivity (Wildman–Crippen MR) is 105 cm³/mol. The molecule has 1 aliphatic carbocycles. The number of para-hydroxylation sites is 2. The first kappa shape index (κ1) is 19.1. The minimum Gasteiger partial charge on any atom is -0.408 e. The summed E-state index contributed by atoms with van der Waals surface area (Å²) in [4.78, 5) is 28.9. The highest BCUT2D eigenvalue weighted by Gasteiger charge is 2.50. The molecule has 2 aliphatic heterocycles. The lowest BCUT2D eigenvalue weighted by atomic mass is 9.78. The van der Waals surface area contributed by atoms with E-state index in [4.69, 9.17) is 10.5 Å². The van der Waals surface area contributed by atoms with Crippen molar-refractivity contribution in [3.05, 3.63) is 24.3 Å². The predicted octanol–water partition coefficient (Wildman–Crippen LogP) is 2.27. The van der Waals surface area contributed by atoms with E-state index < -0.39 is 6.09 Å². The van der Waals surface area contributed by atoms with E-state index in [1.165, 1.54) is 0 Å². The number of carbonyl (C=O) groups excluding carboxylic acids is 2. The molecule has 7 nitrogen and oxygen atoms in total. The van der Waals surface area contributed by atoms with Crippen molar-refractivity contribution in [1.29, 1.82) is 0 Å². The Hall–Kier alpha value is -2.28. The molecular weight excluding hydrogens is 358 g/mol. The molecule has 4 rings (SSSR count). The zero-order chi connectivity index (χ0) is 19.7. The molecule has 0 radical (unpaired) electrons. The first-order chi connectivity index (χ1) is 13.5. The number of aliphatic hydroxyl groups excluding tert-OH is 1. The second-order valence-electron chi connectivity index (χ2n) is 8.41. The fourth-order valence-electron chi connectivity index (χ4n) is 5.19. The molecule has 1 aromatic carbocycles. The van der Waals surface area contributed by atoms with Gasteiger partial charge in [0.05, 0.1) is 17.2 Å². The van der Waals surface area contributed by atoms with E-state index in [1.807, 2.05) is 12.1 Å². The van der Waals surface area contributed by atoms with E-state index >= 15 is 0 Å². The van der Waals surface area contributed by atoms with Gasteiger partial charge in [0, 0.05) is 25.7 Å². The van der Waals surface area contributed by atoms with Crippen molar-refractivity contribution in [1.82, 2.24) is 4.90 Å². The topological polar surface area (TPSA) is 96.1 Å². The van der Waals surface area contributed by atoms with Crippen LogP contribution in [0.3, 0.4) is 0 Å². The van der Waals surface area contributed by atoms with Crippen LogP contribution in [0.4, 0.5) is 10.5 Å². The summed E-state index contributed by atoms with van der Waals surface area (Å²) in [6.07, 6.45) is 4.98. The van der Waals surface area contributed by atoms with Crippen LogP contribution in [0.15, 0.2) is 24.3 Å². The summed E-state index contributed by atoms with van der Waals surface area (Å²) in [5.41, 5.74) is 5.66. The third-order valence-corrected chi connectivity index (χ3v) is 6.65. The van der Waals surface area contributed by atoms with Gasteiger partial charge in [0.25, 0.3) is 0 Å². The maximum absolute atomic E-state index is 13.4. The summed E-state index contributed by atoms with van der Waals surface area (Å²) >= 11 is 0. The smallest absolute Gasteiger partial charge is 0.408 e. The molecule has 2 heterocycles. The van der Waals surface area contributed by atoms with Gasteiger partial charge in [-0.25, -0.2) is 4.79 Å². The number of aliphatic hydroxyl groups is 1. The summed E-state index contributed by atoms with van der Waals surface area (Å²) in [7, 11) is 0. The number of carbonyl (C=O) groups is 2. The van der Waals surface area contributed by atoms with E-state index in [0.717, 1.165) is 63.7 Å². The zero-order valence-electron chi connectivity index (χ0n) is 16.2. The highest BCUT2D eigenvalue weighted by Crippen LogP contribution is 2.44. The lowest BCUT2D eigenvalue weighted by Crippen LogP contribution is -2.50. The fourth-order valence-corrected chi connectivity index (χ4v) is 5.19. The van der Waals surface area contributed by atoms with Crippen molar-refractivity contribution in [2.45, 2.75) is 57.1 Å². The number of ether oxygens (including phenoxy) is 1. The van der Waals surface area contributed by atoms with E-state index in [-0.39, 0.29) is 23.5 Å². The van der Waals surface area contributed by atoms with Crippen LogP contribution in [-0.2, 0) is 4.79 Å². The van der Waals surface area contributed by atoms with Gasteiger partial charge in [0.1, 0.15) is 0 Å². The number of piperidine rings is 1. The maximum atomic E-state index is 13.4. The third kappa shape index (κ3) is 3.55. The Kier molecular flexibility index (Phi) is 5.19. The molecule has 1 saturated carbocycles. The third-order valence-electron chi connectivity index (χ3n) is 6.65. The van der Waals surface area contributed by atoms with Gasteiger partial charge in [0.2, 0.25) is 5.91 Å². The molecule has 1 aromatic rings. The average molecular weight is 387 g/mol. The molecule has 3 fully saturated rings. The van der Waals surface area contributed by atoms with Gasteiger partial charge in [-0.2, -0.15) is 0 Å². The van der Waals surface area contributed by atoms with Crippen molar-refractivity contribution >= 4 is 17.7 Å². The molecule has 2 amide bonds. The van der Waals surface area contributed by atoms with Gasteiger partial charge in [-0.15, -0.1) is 0 Å². The summed E-state index contributed by atoms with van der Waals surface area (Å²) in [5, 5.41) is 9.77. The molecule has 3 aliphatic rings. The molecule has 7 heteroatoms. The molecule has 1 atom stereocenters. The lowest BCUT2D eigenvalue weighted by Gasteiger charge is -2.41. The highest BCUT2D eigenvalue weighted by atomic mass is 16.5. The first-order valence-electron chi connectivity index (χ1n) is 10.3. The fraction of sp³-hybridized carbons (Fsp3) is 0.619. The number of hydrogen-bond acceptors (Lipinski definition) is 5. The Bertz CT molecular complexity index is 747. The summed E-state index contributed by atoms with van der Waals surface area (Å²) in [6.45, 7) is 2.26. The number of rotatable bonds is 3. The number of likely N-dealkylation sites (tertiary alicyclic amines) is 1. The molecule has 2 saturated heterocycles. The molecule has 152 valence electrons. The lowest BCUT2D eigenvalue weighted by molar-refractivity contribution is -0.139. The van der Waals surface area contributed by atoms with Crippen LogP contribution in [-0.4, -0.2) is 53.8 Å². The Labute approximate surface area is 165 Å². The second-order valence-corrected chi connectivity index (χ2v) is 8.41. The number of nitrogens with zero attached hydrogens (tertiary/aromatic N) is 2. The molecule has 3 N–H and O–H groups in total. The Morgan fingerprint density at radius 3 is 2.64 bits per heavy atom. The van der Waals surface area contributed by atoms with Crippen LogP contribution >= 0.6 is 0 Å². The number of hydrogen-bond donors (Lipinski definition) is 2. The Morgan fingerprint density at radius 2 is 1.89 bits per heavy atom. The first-order valence-corrected chi connectivity index (χ1v) is 10.3. The van der Waals surface area contributed by atoms with Crippen LogP contribution in [0.5, 0.6) is 5.75 Å². The molecular formula is C21H29N3O4. The van der Waals surface area contributed by atoms with Gasteiger partial charge in [-0.3, -0.25) is 4.79 Å². The van der Waals surface area contributed by atoms with Gasteiger partial charge < -0.3 is 25.4 Å². The zero-order valence-corrected chi connectivity index (χ0v) is 16.2. The minimum atomic E-state index is -0.832. The summed E-state index contributed by atoms with van der Waals surface area (Å²) in [6, 6.07) is 7.62. The van der Waals surface area contributed by atoms with Crippen LogP contribution in [0.2, 0.25) is 0 Å². The maximum Gasteiger partial charge on any atom is 0.410 e. The second kappa shape index (κ2) is 7.62. The van der Waals surface area contributed by atoms with E-state index in [1.54, 1.807) is 12.1 Å². The normalized spacial score (nSPS) is 30.7. The van der Waals surface area contributed by atoms with Crippen molar-refractivity contribution in [3.8, 4) is 5.75 Å². The Morgan fingerprint density at radius 1 is 1.14 bits per heavy atom. The SMILES string of the molecule is NC(=O)Oc1ccccc1N1CCCC2(CCN([C@H]3CC[C@H](O)CC3)C2=O)C1. The number of nitrogens with two attached hydrogens (primary N) is 1. The number of benzene rings is 1. The summed E-state index contributed by atoms with van der Waals surface area (Å²) < 4.78 is 5.18. The summed E-state index contributed by atoms with van der Waals surface area (Å²) in [5.74, 6) is 0.697. The quantitative estimate of drug-likeness (QED) is 0.829. The minimum absolute atomic E-state index is 0.213. The highest BCUT2D eigenvalue weighted by molar-refractivity contribution is 5.86. The van der Waals surface area contributed by atoms with Crippen LogP contribution in [0.25, 0.3) is 0 Å². The van der Waals surface area contributed by atoms with Crippen molar-refractivity contribution in [3.63, 3.8) is 0 Å². The average Bonchev–Trinajstić information content (AvgIpc) is 2.98. The molecule has 28 heavy (non-hydrogen) atoms. The van der Waals surface area contributed by atoms with Gasteiger partial charge >= 0.3 is 6.09 Å². The Balaban J connectivity index is 1.51. The monoisotopic (exact) mass is 387 g/mol. The van der Waals surface area contributed by atoms with E-state index in [9.17, 15) is 14.7 Å². The largest absolute Gasteiger partial charge is 0.410 e. The van der Waals surface area contributed by atoms with E-state index in [2.05, 4.69) is 9.80 Å². The van der Waals surface area contributed by atoms with Crippen LogP contribution < -0.4 is 15.4 Å². The van der Waals surface area contributed by atoms with Gasteiger partial charge in [0.15, 0.2) is 5.75 Å². The number of amides is 2. The van der Waals surface area contributed by atoms with Gasteiger partial charge in [-0.05, 0) is 57.1 Å². The standard InChI is InChI=1S/C21H29N3O4/c22-20(27)28-18-5-2-1-4-17(18)23-12-3-10-21(14-23)11-13-24(19(21)26)15-6-8-16(25)9-7-15/h1-2,4-5,15-16,25H,3,6-14H2,(H2,22,27)/t15-,16-,21?. The van der Waals surface area contributed by atoms with Gasteiger partial charge in [-0.1, -0.05) is 12.1 Å². The molecule has 0 aromatic heterocycles. The number of primary amides is 1. The van der Waals surface area contributed by atoms with Crippen LogP contribution in [0.1, 0.15) is 44.9 Å². The molecule has 1 unspecified atom stereocenters. The van der Waals surface area contributed by atoms with Crippen molar-refractivity contribution < 1.29 is 19.4 Å². The molecule has 0 bridgehead atoms. The number of anilines is 1. The molecule has 1 spiro atoms. The van der Waals surface area contributed by atoms with E-state index in [0.29, 0.717) is 12.3 Å². The van der Waals surface area contributed by atoms with Crippen LogP contribution in [0, 0.1) is 5.41 Å². The van der Waals surface area contributed by atoms with Crippen molar-refractivity contribution in [2.75, 3.05) is 24.5 Å².